The molecule has 120 valence electrons. The Labute approximate surface area is 139 Å². The first-order valence-electron chi connectivity index (χ1n) is 8.16. The van der Waals surface area contributed by atoms with E-state index in [-0.39, 0.29) is 5.91 Å². The summed E-state index contributed by atoms with van der Waals surface area (Å²) in [6.07, 6.45) is 7.25. The van der Waals surface area contributed by atoms with Crippen LogP contribution in [-0.2, 0) is 4.79 Å². The number of hydrogen-bond donors (Lipinski definition) is 2. The summed E-state index contributed by atoms with van der Waals surface area (Å²) in [5, 5.41) is 7.49. The van der Waals surface area contributed by atoms with Crippen LogP contribution in [0.25, 0.3) is 11.7 Å². The third-order valence-corrected chi connectivity index (χ3v) is 5.59. The number of piperidine rings is 1. The van der Waals surface area contributed by atoms with Gasteiger partial charge in [-0.2, -0.15) is 0 Å². The molecule has 2 aliphatic heterocycles. The summed E-state index contributed by atoms with van der Waals surface area (Å²) in [5.41, 5.74) is 1.89. The maximum atomic E-state index is 12.4. The molecule has 0 aromatic carbocycles. The van der Waals surface area contributed by atoms with Gasteiger partial charge in [0.05, 0.1) is 21.8 Å². The highest BCUT2D eigenvalue weighted by Crippen LogP contribution is 2.34. The van der Waals surface area contributed by atoms with E-state index in [4.69, 9.17) is 0 Å². The topological polar surface area (TPSA) is 58.4 Å². The molecule has 2 aromatic heterocycles. The smallest absolute Gasteiger partial charge is 0.258 e. The molecule has 4 heterocycles. The Morgan fingerprint density at radius 3 is 3.13 bits per heavy atom. The summed E-state index contributed by atoms with van der Waals surface area (Å²) < 4.78 is 2.08. The summed E-state index contributed by atoms with van der Waals surface area (Å²) in [7, 11) is 0. The second-order valence-electron chi connectivity index (χ2n) is 6.09. The van der Waals surface area contributed by atoms with Gasteiger partial charge in [-0.05, 0) is 56.5 Å². The Kier molecular flexibility index (Phi) is 4.10. The molecule has 0 bridgehead atoms. The predicted octanol–water partition coefficient (Wildman–Crippen LogP) is 2.29. The van der Waals surface area contributed by atoms with E-state index in [1.165, 1.54) is 24.6 Å². The van der Waals surface area contributed by atoms with Crippen LogP contribution in [0.4, 0.5) is 0 Å². The van der Waals surface area contributed by atoms with Crippen molar-refractivity contribution in [2.75, 3.05) is 19.6 Å². The van der Waals surface area contributed by atoms with Crippen LogP contribution in [0.1, 0.15) is 25.0 Å². The molecule has 5 nitrogen and oxygen atoms in total. The van der Waals surface area contributed by atoms with E-state index in [1.807, 2.05) is 30.5 Å². The van der Waals surface area contributed by atoms with E-state index in [9.17, 15) is 4.79 Å². The average Bonchev–Trinajstić information content (AvgIpc) is 3.01. The van der Waals surface area contributed by atoms with Crippen LogP contribution in [0.15, 0.2) is 34.3 Å². The van der Waals surface area contributed by atoms with Crippen molar-refractivity contribution in [1.82, 2.24) is 20.0 Å². The number of carbonyl (C=O) groups excluding carboxylic acids is 1. The lowest BCUT2D eigenvalue weighted by molar-refractivity contribution is -0.116. The highest BCUT2D eigenvalue weighted by molar-refractivity contribution is 8.04. The Morgan fingerprint density at radius 1 is 1.39 bits per heavy atom. The van der Waals surface area contributed by atoms with E-state index in [1.54, 1.807) is 0 Å². The third kappa shape index (κ3) is 3.01. The van der Waals surface area contributed by atoms with Crippen molar-refractivity contribution in [2.24, 2.45) is 5.92 Å². The lowest BCUT2D eigenvalue weighted by atomic mass is 9.95. The fraction of sp³-hybridized carbons (Fsp3) is 0.412. The van der Waals surface area contributed by atoms with Gasteiger partial charge in [0.2, 0.25) is 0 Å². The zero-order valence-electron chi connectivity index (χ0n) is 12.9. The fourth-order valence-electron chi connectivity index (χ4n) is 3.25. The van der Waals surface area contributed by atoms with E-state index in [2.05, 4.69) is 20.0 Å². The molecule has 0 atom stereocenters. The lowest BCUT2D eigenvalue weighted by Crippen LogP contribution is -2.31. The van der Waals surface area contributed by atoms with Gasteiger partial charge in [0, 0.05) is 6.54 Å². The van der Waals surface area contributed by atoms with Crippen molar-refractivity contribution < 1.29 is 4.79 Å². The van der Waals surface area contributed by atoms with Crippen molar-refractivity contribution in [1.29, 1.82) is 0 Å². The first-order chi connectivity index (χ1) is 11.3. The van der Waals surface area contributed by atoms with Crippen LogP contribution in [0.5, 0.6) is 0 Å². The number of thioether (sulfide) groups is 1. The maximum absolute atomic E-state index is 12.4. The summed E-state index contributed by atoms with van der Waals surface area (Å²) in [6, 6.07) is 5.98. The first kappa shape index (κ1) is 14.8. The van der Waals surface area contributed by atoms with Gasteiger partial charge in [-0.25, -0.2) is 4.98 Å². The number of pyridine rings is 1. The van der Waals surface area contributed by atoms with Gasteiger partial charge in [0.25, 0.3) is 5.91 Å². The van der Waals surface area contributed by atoms with Crippen molar-refractivity contribution in [2.45, 2.75) is 24.3 Å². The monoisotopic (exact) mass is 328 g/mol. The Hall–Kier alpha value is -1.79. The first-order valence-corrected chi connectivity index (χ1v) is 8.98. The number of nitrogens with zero attached hydrogens (tertiary/aromatic N) is 2. The molecule has 6 heteroatoms. The van der Waals surface area contributed by atoms with Crippen molar-refractivity contribution in [3.8, 4) is 0 Å². The fourth-order valence-corrected chi connectivity index (χ4v) is 4.25. The minimum absolute atomic E-state index is 0.0217. The van der Waals surface area contributed by atoms with Crippen molar-refractivity contribution in [3.63, 3.8) is 0 Å². The number of hydrogen-bond acceptors (Lipinski definition) is 4. The molecule has 2 N–H and O–H groups in total. The summed E-state index contributed by atoms with van der Waals surface area (Å²) in [4.78, 5) is 17.6. The Balaban J connectivity index is 1.40. The molecule has 0 saturated carbocycles. The Morgan fingerprint density at radius 2 is 2.26 bits per heavy atom. The minimum Gasteiger partial charge on any atom is -0.352 e. The second-order valence-corrected chi connectivity index (χ2v) is 7.15. The molecule has 0 spiro atoms. The van der Waals surface area contributed by atoms with Crippen LogP contribution in [0.3, 0.4) is 0 Å². The highest BCUT2D eigenvalue weighted by Gasteiger charge is 2.20. The van der Waals surface area contributed by atoms with E-state index in [0.717, 1.165) is 53.2 Å². The van der Waals surface area contributed by atoms with E-state index in [0.29, 0.717) is 0 Å². The summed E-state index contributed by atoms with van der Waals surface area (Å²) in [6.45, 7) is 2.96. The van der Waals surface area contributed by atoms with E-state index < -0.39 is 0 Å². The van der Waals surface area contributed by atoms with Gasteiger partial charge in [-0.3, -0.25) is 9.20 Å². The molecule has 1 amide bonds. The third-order valence-electron chi connectivity index (χ3n) is 4.54. The maximum Gasteiger partial charge on any atom is 0.258 e. The van der Waals surface area contributed by atoms with Crippen molar-refractivity contribution >= 4 is 29.4 Å². The summed E-state index contributed by atoms with van der Waals surface area (Å²) >= 11 is 1.51. The number of aromatic nitrogens is 2. The summed E-state index contributed by atoms with van der Waals surface area (Å²) in [5.74, 6) is 0.758. The molecule has 4 rings (SSSR count). The van der Waals surface area contributed by atoms with E-state index >= 15 is 0 Å². The molecule has 0 unspecified atom stereocenters. The largest absolute Gasteiger partial charge is 0.352 e. The van der Waals surface area contributed by atoms with Gasteiger partial charge in [-0.15, -0.1) is 0 Å². The average molecular weight is 328 g/mol. The number of amides is 1. The molecule has 23 heavy (non-hydrogen) atoms. The van der Waals surface area contributed by atoms with Crippen molar-refractivity contribution in [3.05, 3.63) is 35.0 Å². The number of nitrogens with one attached hydrogen (secondary N) is 2. The zero-order chi connectivity index (χ0) is 15.6. The van der Waals surface area contributed by atoms with Crippen LogP contribution >= 0.6 is 11.8 Å². The van der Waals surface area contributed by atoms with Gasteiger partial charge < -0.3 is 10.6 Å². The Bertz CT molecular complexity index is 761. The quantitative estimate of drug-likeness (QED) is 0.904. The predicted molar refractivity (Wildman–Crippen MR) is 92.2 cm³/mol. The molecular formula is C17H20N4OS. The standard InChI is InChI=1S/C17H20N4OS/c22-17(19-9-6-12-4-7-18-8-5-12)14-10-13-11-20-15-2-1-3-16(23-14)21(13)15/h1-3,10-12,18H,4-9H2,(H,19,22). The molecular weight excluding hydrogens is 308 g/mol. The molecule has 0 radical (unpaired) electrons. The number of carbonyl (C=O) groups is 1. The van der Waals surface area contributed by atoms with Gasteiger partial charge >= 0.3 is 0 Å². The second kappa shape index (κ2) is 6.37. The molecule has 2 aromatic rings. The van der Waals surface area contributed by atoms with Gasteiger partial charge in [0.15, 0.2) is 0 Å². The molecule has 1 saturated heterocycles. The van der Waals surface area contributed by atoms with Crippen LogP contribution in [0, 0.1) is 5.92 Å². The zero-order valence-corrected chi connectivity index (χ0v) is 13.7. The highest BCUT2D eigenvalue weighted by atomic mass is 32.2. The van der Waals surface area contributed by atoms with Gasteiger partial charge in [-0.1, -0.05) is 17.8 Å². The molecule has 1 fully saturated rings. The number of imidazole rings is 1. The normalized spacial score (nSPS) is 18.0. The number of rotatable bonds is 4. The SMILES string of the molecule is O=C(NCCC1CCNCC1)C1=Cc2cnc3cccc(n23)S1. The minimum atomic E-state index is 0.0217. The van der Waals surface area contributed by atoms with Crippen LogP contribution in [-0.4, -0.2) is 34.9 Å². The van der Waals surface area contributed by atoms with Crippen LogP contribution in [0.2, 0.25) is 0 Å². The molecule has 2 aliphatic rings. The lowest BCUT2D eigenvalue weighted by Gasteiger charge is -2.22. The van der Waals surface area contributed by atoms with Gasteiger partial charge in [0.1, 0.15) is 5.65 Å². The molecule has 0 aliphatic carbocycles. The van der Waals surface area contributed by atoms with Crippen LogP contribution < -0.4 is 10.6 Å².